The maximum Gasteiger partial charge on any atom is 0.318 e. The van der Waals surface area contributed by atoms with Crippen LogP contribution in [0.2, 0.25) is 0 Å². The zero-order valence-electron chi connectivity index (χ0n) is 19.8. The third kappa shape index (κ3) is 3.29. The Morgan fingerprint density at radius 2 is 1.92 bits per heavy atom. The Morgan fingerprint density at radius 3 is 2.61 bits per heavy atom. The van der Waals surface area contributed by atoms with Gasteiger partial charge in [-0.1, -0.05) is 11.3 Å². The number of rotatable bonds is 4. The number of piperazine rings is 1. The summed E-state index contributed by atoms with van der Waals surface area (Å²) in [7, 11) is 1.53. The second-order valence-corrected chi connectivity index (χ2v) is 11.0. The van der Waals surface area contributed by atoms with Crippen LogP contribution < -0.4 is 26.2 Å². The van der Waals surface area contributed by atoms with E-state index in [0.29, 0.717) is 50.3 Å². The Kier molecular flexibility index (Phi) is 4.94. The minimum Gasteiger partial charge on any atom is -0.467 e. The first-order valence-corrected chi connectivity index (χ1v) is 13.2. The van der Waals surface area contributed by atoms with Gasteiger partial charge in [0.05, 0.1) is 28.5 Å². The number of hydrogen-bond acceptors (Lipinski definition) is 9. The van der Waals surface area contributed by atoms with Crippen LogP contribution in [0.25, 0.3) is 32.4 Å². The molecule has 2 atom stereocenters. The van der Waals surface area contributed by atoms with Crippen molar-refractivity contribution in [3.05, 3.63) is 34.4 Å². The number of nitrogens with one attached hydrogen (secondary N) is 1. The number of pyridine rings is 1. The normalized spacial score (nSPS) is 21.9. The van der Waals surface area contributed by atoms with Crippen molar-refractivity contribution in [2.45, 2.75) is 50.2 Å². The third-order valence-electron chi connectivity index (χ3n) is 7.79. The highest BCUT2D eigenvalue weighted by atomic mass is 32.1. The summed E-state index contributed by atoms with van der Waals surface area (Å²) in [6.45, 7) is 1.57. The van der Waals surface area contributed by atoms with Crippen LogP contribution >= 0.6 is 11.3 Å². The largest absolute Gasteiger partial charge is 0.467 e. The van der Waals surface area contributed by atoms with Crippen LogP contribution in [0.5, 0.6) is 6.01 Å². The molecule has 3 fully saturated rings. The lowest BCUT2D eigenvalue weighted by atomic mass is 9.91. The van der Waals surface area contributed by atoms with Crippen molar-refractivity contribution >= 4 is 43.4 Å². The van der Waals surface area contributed by atoms with E-state index in [2.05, 4.69) is 25.2 Å². The molecule has 4 aromatic rings. The molecular formula is C25H26FN7O2S. The molecule has 2 unspecified atom stereocenters. The van der Waals surface area contributed by atoms with Crippen LogP contribution in [0.3, 0.4) is 0 Å². The van der Waals surface area contributed by atoms with Gasteiger partial charge in [0, 0.05) is 36.8 Å². The summed E-state index contributed by atoms with van der Waals surface area (Å²) in [5, 5.41) is 4.43. The zero-order valence-corrected chi connectivity index (χ0v) is 20.6. The summed E-state index contributed by atoms with van der Waals surface area (Å²) >= 11 is 1.11. The van der Waals surface area contributed by atoms with Gasteiger partial charge in [0.25, 0.3) is 5.56 Å². The Hall–Kier alpha value is -3.31. The van der Waals surface area contributed by atoms with Gasteiger partial charge >= 0.3 is 6.01 Å². The summed E-state index contributed by atoms with van der Waals surface area (Å²) in [6.07, 6.45) is 5.12. The van der Waals surface area contributed by atoms with E-state index in [9.17, 15) is 9.18 Å². The minimum atomic E-state index is -0.374. The molecule has 2 saturated heterocycles. The summed E-state index contributed by atoms with van der Waals surface area (Å²) < 4.78 is 22.3. The number of halogens is 1. The average molecular weight is 508 g/mol. The molecule has 3 aromatic heterocycles. The van der Waals surface area contributed by atoms with Gasteiger partial charge in [-0.05, 0) is 50.3 Å². The Balaban J connectivity index is 1.51. The van der Waals surface area contributed by atoms with E-state index in [4.69, 9.17) is 10.5 Å². The van der Waals surface area contributed by atoms with Crippen molar-refractivity contribution < 1.29 is 9.13 Å². The highest BCUT2D eigenvalue weighted by Crippen LogP contribution is 2.40. The zero-order chi connectivity index (χ0) is 24.6. The number of nitrogen functional groups attached to an aromatic ring is 1. The van der Waals surface area contributed by atoms with Crippen LogP contribution in [0.1, 0.15) is 38.1 Å². The first kappa shape index (κ1) is 21.9. The fourth-order valence-corrected chi connectivity index (χ4v) is 6.65. The maximum atomic E-state index is 14.6. The van der Waals surface area contributed by atoms with Crippen molar-refractivity contribution in [3.8, 4) is 17.3 Å². The molecule has 7 rings (SSSR count). The lowest BCUT2D eigenvalue weighted by Crippen LogP contribution is -2.51. The van der Waals surface area contributed by atoms with Crippen LogP contribution in [0.4, 0.5) is 15.3 Å². The molecule has 9 nitrogen and oxygen atoms in total. The molecule has 1 aromatic carbocycles. The van der Waals surface area contributed by atoms with E-state index in [1.807, 2.05) is 10.6 Å². The van der Waals surface area contributed by atoms with E-state index in [-0.39, 0.29) is 28.6 Å². The number of anilines is 2. The van der Waals surface area contributed by atoms with E-state index in [1.165, 1.54) is 13.2 Å². The van der Waals surface area contributed by atoms with Gasteiger partial charge in [0.1, 0.15) is 17.0 Å². The smallest absolute Gasteiger partial charge is 0.318 e. The summed E-state index contributed by atoms with van der Waals surface area (Å²) in [5.41, 5.74) is 8.14. The molecule has 2 aliphatic heterocycles. The molecule has 0 amide bonds. The van der Waals surface area contributed by atoms with Gasteiger partial charge in [-0.15, -0.1) is 0 Å². The summed E-state index contributed by atoms with van der Waals surface area (Å²) in [5.74, 6) is 0.253. The predicted molar refractivity (Wildman–Crippen MR) is 138 cm³/mol. The Bertz CT molecular complexity index is 1570. The van der Waals surface area contributed by atoms with Crippen molar-refractivity contribution in [1.29, 1.82) is 0 Å². The monoisotopic (exact) mass is 507 g/mol. The molecule has 0 spiro atoms. The molecule has 11 heteroatoms. The van der Waals surface area contributed by atoms with Crippen molar-refractivity contribution in [2.75, 3.05) is 30.8 Å². The minimum absolute atomic E-state index is 0.0575. The summed E-state index contributed by atoms with van der Waals surface area (Å²) in [4.78, 5) is 30.2. The van der Waals surface area contributed by atoms with Crippen LogP contribution in [0, 0.1) is 5.82 Å². The SMILES string of the molecule is COc1nc(N2CC3CCC(C2)N3)c2c(=O)n(C3CCC3)c(-c3ccc(F)c4sc(N)nc34)cc2n1. The first-order chi connectivity index (χ1) is 17.5. The number of thiazole rings is 1. The first-order valence-electron chi connectivity index (χ1n) is 12.4. The quantitative estimate of drug-likeness (QED) is 0.432. The molecule has 5 heterocycles. The lowest BCUT2D eigenvalue weighted by molar-refractivity contribution is 0.310. The van der Waals surface area contributed by atoms with Crippen LogP contribution in [0.15, 0.2) is 23.0 Å². The van der Waals surface area contributed by atoms with Gasteiger partial charge in [0.15, 0.2) is 5.13 Å². The lowest BCUT2D eigenvalue weighted by Gasteiger charge is -2.35. The molecule has 36 heavy (non-hydrogen) atoms. The van der Waals surface area contributed by atoms with E-state index < -0.39 is 0 Å². The number of ether oxygens (including phenoxy) is 1. The second kappa shape index (κ2) is 8.10. The topological polar surface area (TPSA) is 111 Å². The average Bonchev–Trinajstić information content (AvgIpc) is 3.40. The van der Waals surface area contributed by atoms with Gasteiger partial charge < -0.3 is 25.3 Å². The summed E-state index contributed by atoms with van der Waals surface area (Å²) in [6, 6.07) is 6.05. The van der Waals surface area contributed by atoms with Crippen molar-refractivity contribution in [3.63, 3.8) is 0 Å². The molecule has 0 radical (unpaired) electrons. The van der Waals surface area contributed by atoms with Gasteiger partial charge in [-0.25, -0.2) is 9.37 Å². The van der Waals surface area contributed by atoms with Crippen molar-refractivity contribution in [1.82, 2.24) is 24.8 Å². The van der Waals surface area contributed by atoms with Gasteiger partial charge in [-0.2, -0.15) is 9.97 Å². The van der Waals surface area contributed by atoms with Crippen molar-refractivity contribution in [2.24, 2.45) is 0 Å². The number of hydrogen-bond donors (Lipinski definition) is 2. The molecule has 2 bridgehead atoms. The molecular weight excluding hydrogens is 481 g/mol. The van der Waals surface area contributed by atoms with Gasteiger partial charge in [-0.3, -0.25) is 4.79 Å². The Labute approximate surface area is 210 Å². The number of aromatic nitrogens is 4. The number of methoxy groups -OCH3 is 1. The second-order valence-electron chi connectivity index (χ2n) is 9.95. The number of benzene rings is 1. The molecule has 1 saturated carbocycles. The van der Waals surface area contributed by atoms with Crippen LogP contribution in [-0.2, 0) is 0 Å². The highest BCUT2D eigenvalue weighted by molar-refractivity contribution is 7.22. The number of nitrogens with two attached hydrogens (primary N) is 1. The Morgan fingerprint density at radius 1 is 1.14 bits per heavy atom. The predicted octanol–water partition coefficient (Wildman–Crippen LogP) is 3.46. The standard InChI is InChI=1S/C25H26FN7O2S/c1-35-25-29-17-9-18(15-7-8-16(26)21-20(15)30-24(27)36-21)33(14-3-2-4-14)23(34)19(17)22(31-25)32-10-12-5-6-13(11-32)28-12/h7-9,12-14,28H,2-6,10-11H2,1H3,(H2,27,30). The maximum absolute atomic E-state index is 14.6. The molecule has 186 valence electrons. The highest BCUT2D eigenvalue weighted by Gasteiger charge is 2.35. The van der Waals surface area contributed by atoms with Crippen LogP contribution in [-0.4, -0.2) is 51.8 Å². The molecule has 3 N–H and O–H groups in total. The molecule has 3 aliphatic rings. The third-order valence-corrected chi connectivity index (χ3v) is 8.68. The fraction of sp³-hybridized carbons (Fsp3) is 0.440. The molecule has 1 aliphatic carbocycles. The number of nitrogens with zero attached hydrogens (tertiary/aromatic N) is 5. The van der Waals surface area contributed by atoms with E-state index >= 15 is 0 Å². The van der Waals surface area contributed by atoms with Gasteiger partial charge in [0.2, 0.25) is 0 Å². The number of fused-ring (bicyclic) bond motifs is 4. The fourth-order valence-electron chi connectivity index (χ4n) is 5.89. The van der Waals surface area contributed by atoms with E-state index in [1.54, 1.807) is 6.07 Å². The van der Waals surface area contributed by atoms with E-state index in [0.717, 1.165) is 56.5 Å².